The van der Waals surface area contributed by atoms with E-state index in [-0.39, 0.29) is 23.6 Å². The van der Waals surface area contributed by atoms with Crippen molar-refractivity contribution in [3.63, 3.8) is 0 Å². The molecule has 2 aromatic carbocycles. The highest BCUT2D eigenvalue weighted by atomic mass is 32.1. The Morgan fingerprint density at radius 1 is 1.03 bits per heavy atom. The van der Waals surface area contributed by atoms with Crippen LogP contribution in [-0.2, 0) is 6.67 Å². The van der Waals surface area contributed by atoms with Crippen molar-refractivity contribution >= 4 is 34.5 Å². The van der Waals surface area contributed by atoms with Crippen molar-refractivity contribution in [2.24, 2.45) is 4.99 Å². The number of hydrogen-bond acceptors (Lipinski definition) is 8. The third-order valence-corrected chi connectivity index (χ3v) is 5.43. The SMILES string of the molecule is O=c1c(=Cc2cccc([N+](=O)[O-])c2)sc2n1CN(c1ccc([N+](=O)[O-])cc1)CN=2. The summed E-state index contributed by atoms with van der Waals surface area (Å²) in [5.41, 5.74) is 0.973. The summed E-state index contributed by atoms with van der Waals surface area (Å²) in [5.74, 6) is 0. The summed E-state index contributed by atoms with van der Waals surface area (Å²) < 4.78 is 1.94. The molecular formula is C18H13N5O5S. The van der Waals surface area contributed by atoms with Gasteiger partial charge < -0.3 is 4.90 Å². The van der Waals surface area contributed by atoms with Gasteiger partial charge in [-0.3, -0.25) is 29.6 Å². The molecule has 3 aromatic rings. The van der Waals surface area contributed by atoms with Crippen LogP contribution in [0.5, 0.6) is 0 Å². The zero-order chi connectivity index (χ0) is 20.5. The normalized spacial score (nSPS) is 13.7. The van der Waals surface area contributed by atoms with Crippen LogP contribution in [0.15, 0.2) is 58.3 Å². The first-order valence-electron chi connectivity index (χ1n) is 8.42. The number of hydrogen-bond donors (Lipinski definition) is 0. The number of thiazole rings is 1. The molecule has 2 heterocycles. The number of aromatic nitrogens is 1. The molecule has 0 aliphatic carbocycles. The van der Waals surface area contributed by atoms with E-state index in [0.29, 0.717) is 27.3 Å². The van der Waals surface area contributed by atoms with Crippen LogP contribution in [0, 0.1) is 20.2 Å². The topological polar surface area (TPSA) is 124 Å². The van der Waals surface area contributed by atoms with E-state index in [4.69, 9.17) is 0 Å². The molecule has 1 aromatic heterocycles. The Hall–Kier alpha value is -3.86. The lowest BCUT2D eigenvalue weighted by molar-refractivity contribution is -0.385. The largest absolute Gasteiger partial charge is 0.334 e. The number of anilines is 1. The molecule has 0 unspecified atom stereocenters. The van der Waals surface area contributed by atoms with Gasteiger partial charge in [0.15, 0.2) is 4.80 Å². The third kappa shape index (κ3) is 3.62. The highest BCUT2D eigenvalue weighted by Crippen LogP contribution is 2.20. The molecule has 0 saturated heterocycles. The Morgan fingerprint density at radius 3 is 2.45 bits per heavy atom. The Morgan fingerprint density at radius 2 is 1.76 bits per heavy atom. The van der Waals surface area contributed by atoms with Gasteiger partial charge in [-0.2, -0.15) is 0 Å². The summed E-state index contributed by atoms with van der Waals surface area (Å²) in [5, 5.41) is 21.7. The second-order valence-corrected chi connectivity index (χ2v) is 7.24. The number of nitrogens with zero attached hydrogens (tertiary/aromatic N) is 5. The monoisotopic (exact) mass is 411 g/mol. The lowest BCUT2D eigenvalue weighted by Gasteiger charge is -2.25. The van der Waals surface area contributed by atoms with E-state index in [2.05, 4.69) is 4.99 Å². The molecule has 0 atom stereocenters. The van der Waals surface area contributed by atoms with Gasteiger partial charge in [-0.05, 0) is 23.8 Å². The minimum absolute atomic E-state index is 0.00933. The number of nitro groups is 2. The molecule has 11 heteroatoms. The molecule has 0 N–H and O–H groups in total. The Labute approximate surface area is 166 Å². The highest BCUT2D eigenvalue weighted by Gasteiger charge is 2.17. The fraction of sp³-hybridized carbons (Fsp3) is 0.111. The molecule has 0 spiro atoms. The van der Waals surface area contributed by atoms with Crippen LogP contribution in [0.1, 0.15) is 5.56 Å². The Bertz CT molecular complexity index is 1300. The van der Waals surface area contributed by atoms with Crippen molar-refractivity contribution in [3.05, 3.63) is 94.0 Å². The van der Waals surface area contributed by atoms with Gasteiger partial charge >= 0.3 is 0 Å². The maximum absolute atomic E-state index is 12.8. The van der Waals surface area contributed by atoms with Crippen LogP contribution in [0.3, 0.4) is 0 Å². The van der Waals surface area contributed by atoms with Crippen LogP contribution in [0.2, 0.25) is 0 Å². The summed E-state index contributed by atoms with van der Waals surface area (Å²) >= 11 is 1.22. The van der Waals surface area contributed by atoms with Crippen molar-refractivity contribution in [1.29, 1.82) is 0 Å². The number of rotatable bonds is 4. The lowest BCUT2D eigenvalue weighted by atomic mass is 10.2. The van der Waals surface area contributed by atoms with Gasteiger partial charge in [-0.1, -0.05) is 23.5 Å². The average molecular weight is 411 g/mol. The summed E-state index contributed by atoms with van der Waals surface area (Å²) in [6.07, 6.45) is 1.61. The van der Waals surface area contributed by atoms with E-state index in [1.54, 1.807) is 30.3 Å². The van der Waals surface area contributed by atoms with E-state index in [1.165, 1.54) is 40.2 Å². The first kappa shape index (κ1) is 18.5. The van der Waals surface area contributed by atoms with Crippen molar-refractivity contribution in [2.75, 3.05) is 11.6 Å². The van der Waals surface area contributed by atoms with Crippen molar-refractivity contribution in [1.82, 2.24) is 4.57 Å². The number of non-ortho nitro benzene ring substituents is 2. The molecular weight excluding hydrogens is 398 g/mol. The van der Waals surface area contributed by atoms with Crippen LogP contribution in [0.25, 0.3) is 6.08 Å². The Kier molecular flexibility index (Phi) is 4.64. The van der Waals surface area contributed by atoms with Gasteiger partial charge in [0.2, 0.25) is 0 Å². The van der Waals surface area contributed by atoms with Gasteiger partial charge in [0.25, 0.3) is 16.9 Å². The van der Waals surface area contributed by atoms with Crippen LogP contribution in [-0.4, -0.2) is 21.1 Å². The molecule has 29 heavy (non-hydrogen) atoms. The number of benzene rings is 2. The zero-order valence-corrected chi connectivity index (χ0v) is 15.6. The van der Waals surface area contributed by atoms with E-state index >= 15 is 0 Å². The first-order chi connectivity index (χ1) is 13.9. The van der Waals surface area contributed by atoms with Gasteiger partial charge in [-0.15, -0.1) is 0 Å². The lowest BCUT2D eigenvalue weighted by Crippen LogP contribution is -2.42. The first-order valence-corrected chi connectivity index (χ1v) is 9.24. The molecule has 0 fully saturated rings. The maximum atomic E-state index is 12.8. The second-order valence-electron chi connectivity index (χ2n) is 6.23. The predicted molar refractivity (Wildman–Crippen MR) is 106 cm³/mol. The summed E-state index contributed by atoms with van der Waals surface area (Å²) in [4.78, 5) is 40.4. The second kappa shape index (κ2) is 7.28. The van der Waals surface area contributed by atoms with Gasteiger partial charge in [0.05, 0.1) is 14.4 Å². The zero-order valence-electron chi connectivity index (χ0n) is 14.8. The van der Waals surface area contributed by atoms with E-state index in [9.17, 15) is 25.0 Å². The molecule has 0 radical (unpaired) electrons. The summed E-state index contributed by atoms with van der Waals surface area (Å²) in [7, 11) is 0. The number of nitro benzene ring substituents is 2. The summed E-state index contributed by atoms with van der Waals surface area (Å²) in [6.45, 7) is 0.572. The van der Waals surface area contributed by atoms with Crippen LogP contribution < -0.4 is 19.8 Å². The maximum Gasteiger partial charge on any atom is 0.271 e. The fourth-order valence-electron chi connectivity index (χ4n) is 2.94. The third-order valence-electron chi connectivity index (χ3n) is 4.38. The molecule has 0 bridgehead atoms. The van der Waals surface area contributed by atoms with Gasteiger partial charge in [-0.25, -0.2) is 4.99 Å². The molecule has 0 saturated carbocycles. The highest BCUT2D eigenvalue weighted by molar-refractivity contribution is 7.07. The van der Waals surface area contributed by atoms with Crippen molar-refractivity contribution in [3.8, 4) is 0 Å². The molecule has 4 rings (SSSR count). The average Bonchev–Trinajstić information content (AvgIpc) is 3.03. The number of fused-ring (bicyclic) bond motifs is 1. The Balaban J connectivity index is 1.66. The fourth-order valence-corrected chi connectivity index (χ4v) is 3.90. The quantitative estimate of drug-likeness (QED) is 0.475. The van der Waals surface area contributed by atoms with E-state index in [1.807, 2.05) is 4.90 Å². The molecule has 146 valence electrons. The smallest absolute Gasteiger partial charge is 0.271 e. The minimum Gasteiger partial charge on any atom is -0.334 e. The van der Waals surface area contributed by atoms with Crippen molar-refractivity contribution in [2.45, 2.75) is 6.67 Å². The van der Waals surface area contributed by atoms with E-state index < -0.39 is 9.85 Å². The molecule has 10 nitrogen and oxygen atoms in total. The molecule has 0 amide bonds. The van der Waals surface area contributed by atoms with E-state index in [0.717, 1.165) is 0 Å². The molecule has 1 aliphatic heterocycles. The van der Waals surface area contributed by atoms with Crippen molar-refractivity contribution < 1.29 is 9.85 Å². The summed E-state index contributed by atoms with van der Waals surface area (Å²) in [6, 6.07) is 12.1. The predicted octanol–water partition coefficient (Wildman–Crippen LogP) is 1.61. The standard InChI is InChI=1S/C18H13N5O5S/c24-17-16(9-12-2-1-3-15(8-12)23(27)28)29-18-19-10-20(11-21(17)18)13-4-6-14(7-5-13)22(25)26/h1-9H,10-11H2. The van der Waals surface area contributed by atoms with Gasteiger partial charge in [0.1, 0.15) is 13.3 Å². The van der Waals surface area contributed by atoms with Crippen LogP contribution in [0.4, 0.5) is 17.1 Å². The van der Waals surface area contributed by atoms with Gasteiger partial charge in [0, 0.05) is 30.0 Å². The molecule has 1 aliphatic rings. The van der Waals surface area contributed by atoms with Crippen LogP contribution >= 0.6 is 11.3 Å². The minimum atomic E-state index is -0.485.